The average molecular weight is 540 g/mol. The predicted octanol–water partition coefficient (Wildman–Crippen LogP) is 7.33. The SMILES string of the molecule is CCCCCN(CCCCC)CCCCOc1c(-c2cc(OC)c(OC)c(OC)c2)oc2ccccc2c1=O. The molecule has 7 nitrogen and oxygen atoms in total. The molecule has 0 atom stereocenters. The molecule has 3 aromatic rings. The minimum atomic E-state index is -0.193. The molecule has 0 saturated heterocycles. The second-order valence-corrected chi connectivity index (χ2v) is 9.81. The molecule has 7 heteroatoms. The van der Waals surface area contributed by atoms with Gasteiger partial charge in [-0.1, -0.05) is 51.7 Å². The molecule has 1 heterocycles. The van der Waals surface area contributed by atoms with Gasteiger partial charge in [-0.2, -0.15) is 0 Å². The van der Waals surface area contributed by atoms with Crippen LogP contribution in [0.4, 0.5) is 0 Å². The molecular formula is C32H45NO6. The number of fused-ring (bicyclic) bond motifs is 1. The van der Waals surface area contributed by atoms with Crippen molar-refractivity contribution in [3.05, 3.63) is 46.6 Å². The van der Waals surface area contributed by atoms with Crippen molar-refractivity contribution in [2.24, 2.45) is 0 Å². The molecule has 0 unspecified atom stereocenters. The van der Waals surface area contributed by atoms with Crippen molar-refractivity contribution in [1.82, 2.24) is 4.90 Å². The van der Waals surface area contributed by atoms with Crippen LogP contribution in [-0.2, 0) is 0 Å². The van der Waals surface area contributed by atoms with Crippen LogP contribution in [0.5, 0.6) is 23.0 Å². The number of benzene rings is 2. The van der Waals surface area contributed by atoms with Crippen molar-refractivity contribution in [3.63, 3.8) is 0 Å². The fourth-order valence-corrected chi connectivity index (χ4v) is 4.78. The number of ether oxygens (including phenoxy) is 4. The zero-order chi connectivity index (χ0) is 28.0. The van der Waals surface area contributed by atoms with E-state index in [4.69, 9.17) is 23.4 Å². The minimum Gasteiger partial charge on any atom is -0.493 e. The predicted molar refractivity (Wildman–Crippen MR) is 158 cm³/mol. The molecule has 39 heavy (non-hydrogen) atoms. The molecule has 0 spiro atoms. The highest BCUT2D eigenvalue weighted by Crippen LogP contribution is 2.43. The summed E-state index contributed by atoms with van der Waals surface area (Å²) in [6, 6.07) is 10.8. The summed E-state index contributed by atoms with van der Waals surface area (Å²) < 4.78 is 29.0. The Labute approximate surface area is 233 Å². The number of para-hydroxylation sites is 1. The number of rotatable bonds is 18. The molecule has 3 rings (SSSR count). The molecule has 2 aromatic carbocycles. The Morgan fingerprint density at radius 2 is 1.33 bits per heavy atom. The Hall–Kier alpha value is -3.19. The normalized spacial score (nSPS) is 11.2. The largest absolute Gasteiger partial charge is 0.493 e. The zero-order valence-electron chi connectivity index (χ0n) is 24.3. The zero-order valence-corrected chi connectivity index (χ0v) is 24.3. The lowest BCUT2D eigenvalue weighted by Crippen LogP contribution is -2.27. The summed E-state index contributed by atoms with van der Waals surface area (Å²) in [4.78, 5) is 16.1. The van der Waals surface area contributed by atoms with Gasteiger partial charge in [-0.3, -0.25) is 4.79 Å². The van der Waals surface area contributed by atoms with E-state index in [1.807, 2.05) is 12.1 Å². The van der Waals surface area contributed by atoms with Gasteiger partial charge in [0.1, 0.15) is 5.58 Å². The first-order chi connectivity index (χ1) is 19.1. The number of nitrogens with zero attached hydrogens (tertiary/aromatic N) is 1. The quantitative estimate of drug-likeness (QED) is 0.157. The van der Waals surface area contributed by atoms with Gasteiger partial charge in [-0.15, -0.1) is 0 Å². The molecule has 214 valence electrons. The lowest BCUT2D eigenvalue weighted by molar-refractivity contribution is 0.240. The Bertz CT molecular complexity index is 1190. The first-order valence-electron chi connectivity index (χ1n) is 14.3. The molecule has 1 aromatic heterocycles. The van der Waals surface area contributed by atoms with E-state index in [1.165, 1.54) is 38.5 Å². The van der Waals surface area contributed by atoms with Crippen LogP contribution in [0.1, 0.15) is 65.2 Å². The van der Waals surface area contributed by atoms with Gasteiger partial charge in [0.25, 0.3) is 0 Å². The van der Waals surface area contributed by atoms with Gasteiger partial charge in [-0.05, 0) is 69.6 Å². The van der Waals surface area contributed by atoms with Crippen LogP contribution in [0.15, 0.2) is 45.6 Å². The van der Waals surface area contributed by atoms with Gasteiger partial charge in [0, 0.05) is 5.56 Å². The average Bonchev–Trinajstić information content (AvgIpc) is 2.96. The summed E-state index contributed by atoms with van der Waals surface area (Å²) in [5, 5.41) is 0.488. The van der Waals surface area contributed by atoms with E-state index in [-0.39, 0.29) is 11.2 Å². The Kier molecular flexibility index (Phi) is 12.5. The van der Waals surface area contributed by atoms with Crippen molar-refractivity contribution in [3.8, 4) is 34.3 Å². The number of unbranched alkanes of at least 4 members (excludes halogenated alkanes) is 5. The summed E-state index contributed by atoms with van der Waals surface area (Å²) in [6.45, 7) is 8.26. The van der Waals surface area contributed by atoms with Crippen LogP contribution in [0, 0.1) is 0 Å². The molecule has 0 N–H and O–H groups in total. The second kappa shape index (κ2) is 16.0. The third-order valence-electron chi connectivity index (χ3n) is 6.95. The molecule has 0 radical (unpaired) electrons. The smallest absolute Gasteiger partial charge is 0.235 e. The first kappa shape index (κ1) is 30.4. The molecule has 0 aliphatic carbocycles. The topological polar surface area (TPSA) is 70.4 Å². The van der Waals surface area contributed by atoms with Crippen LogP contribution in [0.25, 0.3) is 22.3 Å². The molecule has 0 saturated carbocycles. The fourth-order valence-electron chi connectivity index (χ4n) is 4.78. The van der Waals surface area contributed by atoms with E-state index in [9.17, 15) is 4.79 Å². The van der Waals surface area contributed by atoms with E-state index < -0.39 is 0 Å². The maximum absolute atomic E-state index is 13.5. The highest BCUT2D eigenvalue weighted by molar-refractivity contribution is 5.82. The molecule has 0 fully saturated rings. The van der Waals surface area contributed by atoms with E-state index in [0.717, 1.165) is 32.5 Å². The monoisotopic (exact) mass is 539 g/mol. The molecule has 0 amide bonds. The Balaban J connectivity index is 1.80. The van der Waals surface area contributed by atoms with Crippen LogP contribution in [-0.4, -0.2) is 52.5 Å². The summed E-state index contributed by atoms with van der Waals surface area (Å²) >= 11 is 0. The third-order valence-corrected chi connectivity index (χ3v) is 6.95. The van der Waals surface area contributed by atoms with Gasteiger partial charge >= 0.3 is 0 Å². The van der Waals surface area contributed by atoms with Crippen molar-refractivity contribution >= 4 is 11.0 Å². The van der Waals surface area contributed by atoms with E-state index in [0.29, 0.717) is 46.1 Å². The van der Waals surface area contributed by atoms with Gasteiger partial charge in [-0.25, -0.2) is 0 Å². The van der Waals surface area contributed by atoms with Crippen LogP contribution < -0.4 is 24.4 Å². The standard InChI is InChI=1S/C32H45NO6/c1-6-8-12-18-33(19-13-9-7-2)20-14-15-21-38-32-29(34)25-16-10-11-17-26(25)39-30(32)24-22-27(35-3)31(37-5)28(23-24)36-4/h10-11,16-17,22-23H,6-9,12-15,18-21H2,1-5H3. The molecule has 0 aliphatic rings. The van der Waals surface area contributed by atoms with Gasteiger partial charge in [0.05, 0.1) is 33.3 Å². The van der Waals surface area contributed by atoms with Crippen LogP contribution in [0.3, 0.4) is 0 Å². The second-order valence-electron chi connectivity index (χ2n) is 9.81. The maximum atomic E-state index is 13.5. The fraction of sp³-hybridized carbons (Fsp3) is 0.531. The van der Waals surface area contributed by atoms with Gasteiger partial charge in [0.2, 0.25) is 16.9 Å². The first-order valence-corrected chi connectivity index (χ1v) is 14.3. The summed E-state index contributed by atoms with van der Waals surface area (Å²) in [6.07, 6.45) is 9.36. The van der Waals surface area contributed by atoms with Crippen molar-refractivity contribution in [2.75, 3.05) is 47.6 Å². The number of methoxy groups -OCH3 is 3. The van der Waals surface area contributed by atoms with Crippen molar-refractivity contribution in [1.29, 1.82) is 0 Å². The Morgan fingerprint density at radius 3 is 1.90 bits per heavy atom. The summed E-state index contributed by atoms with van der Waals surface area (Å²) in [7, 11) is 4.67. The number of hydrogen-bond donors (Lipinski definition) is 0. The van der Waals surface area contributed by atoms with Crippen molar-refractivity contribution < 1.29 is 23.4 Å². The highest BCUT2D eigenvalue weighted by atomic mass is 16.5. The minimum absolute atomic E-state index is 0.193. The lowest BCUT2D eigenvalue weighted by atomic mass is 10.1. The lowest BCUT2D eigenvalue weighted by Gasteiger charge is -2.22. The summed E-state index contributed by atoms with van der Waals surface area (Å²) in [5.74, 6) is 1.96. The van der Waals surface area contributed by atoms with E-state index in [2.05, 4.69) is 18.7 Å². The summed E-state index contributed by atoms with van der Waals surface area (Å²) in [5.41, 5.74) is 0.912. The van der Waals surface area contributed by atoms with E-state index >= 15 is 0 Å². The van der Waals surface area contributed by atoms with Gasteiger partial charge < -0.3 is 28.3 Å². The van der Waals surface area contributed by atoms with Gasteiger partial charge in [0.15, 0.2) is 17.3 Å². The van der Waals surface area contributed by atoms with Crippen molar-refractivity contribution in [2.45, 2.75) is 65.2 Å². The highest BCUT2D eigenvalue weighted by Gasteiger charge is 2.22. The molecular weight excluding hydrogens is 494 g/mol. The molecule has 0 bridgehead atoms. The Morgan fingerprint density at radius 1 is 0.744 bits per heavy atom. The van der Waals surface area contributed by atoms with Crippen LogP contribution >= 0.6 is 0 Å². The number of hydrogen-bond acceptors (Lipinski definition) is 7. The van der Waals surface area contributed by atoms with Crippen LogP contribution in [0.2, 0.25) is 0 Å². The molecule has 0 aliphatic heterocycles. The van der Waals surface area contributed by atoms with E-state index in [1.54, 1.807) is 45.6 Å². The third kappa shape index (κ3) is 8.15. The maximum Gasteiger partial charge on any atom is 0.235 e.